The lowest BCUT2D eigenvalue weighted by Gasteiger charge is -2.10. The highest BCUT2D eigenvalue weighted by Gasteiger charge is 2.21. The zero-order chi connectivity index (χ0) is 14.8. The quantitative estimate of drug-likeness (QED) is 0.864. The molecular formula is C14H17NO4S. The Labute approximate surface area is 118 Å². The second kappa shape index (κ2) is 5.78. The summed E-state index contributed by atoms with van der Waals surface area (Å²) in [6, 6.07) is 8.13. The average Bonchev–Trinajstić information content (AvgIpc) is 2.83. The first-order valence-electron chi connectivity index (χ1n) is 6.23. The van der Waals surface area contributed by atoms with Gasteiger partial charge in [-0.15, -0.1) is 0 Å². The van der Waals surface area contributed by atoms with Gasteiger partial charge in [0.25, 0.3) is 10.0 Å². The number of aromatic nitrogens is 1. The fourth-order valence-corrected chi connectivity index (χ4v) is 3.45. The highest BCUT2D eigenvalue weighted by molar-refractivity contribution is 7.90. The molecule has 2 aromatic rings. The summed E-state index contributed by atoms with van der Waals surface area (Å²) in [5.74, 6) is 0. The number of hydrogen-bond acceptors (Lipinski definition) is 4. The van der Waals surface area contributed by atoms with E-state index >= 15 is 0 Å². The molecule has 0 aliphatic heterocycles. The molecular weight excluding hydrogens is 278 g/mol. The van der Waals surface area contributed by atoms with E-state index in [1.54, 1.807) is 18.2 Å². The Morgan fingerprint density at radius 1 is 1.10 bits per heavy atom. The number of aliphatic hydroxyl groups excluding tert-OH is 2. The van der Waals surface area contributed by atoms with E-state index in [4.69, 9.17) is 5.11 Å². The van der Waals surface area contributed by atoms with Crippen molar-refractivity contribution in [1.82, 2.24) is 3.97 Å². The van der Waals surface area contributed by atoms with Crippen molar-refractivity contribution in [2.24, 2.45) is 0 Å². The standard InChI is InChI=1S/C14H17NO4S/c1-11-2-4-13(5-3-11)20(18,19)15-8-6-12(7-9-16)14(15)10-17/h2-6,8,16-17H,7,9-10H2,1H3. The van der Waals surface area contributed by atoms with E-state index in [1.807, 2.05) is 6.92 Å². The Morgan fingerprint density at radius 2 is 1.75 bits per heavy atom. The smallest absolute Gasteiger partial charge is 0.267 e. The molecule has 0 saturated heterocycles. The van der Waals surface area contributed by atoms with Gasteiger partial charge in [0.15, 0.2) is 0 Å². The van der Waals surface area contributed by atoms with Crippen molar-refractivity contribution in [3.8, 4) is 0 Å². The maximum Gasteiger partial charge on any atom is 0.267 e. The SMILES string of the molecule is Cc1ccc(S(=O)(=O)n2ccc(CCO)c2CO)cc1. The van der Waals surface area contributed by atoms with E-state index in [-0.39, 0.29) is 11.5 Å². The molecule has 108 valence electrons. The minimum absolute atomic E-state index is 0.0956. The molecule has 0 fully saturated rings. The van der Waals surface area contributed by atoms with Crippen molar-refractivity contribution in [2.45, 2.75) is 24.8 Å². The highest BCUT2D eigenvalue weighted by Crippen LogP contribution is 2.20. The van der Waals surface area contributed by atoms with Gasteiger partial charge in [-0.1, -0.05) is 17.7 Å². The molecule has 6 heteroatoms. The van der Waals surface area contributed by atoms with Gasteiger partial charge in [0.2, 0.25) is 0 Å². The number of aryl methyl sites for hydroxylation is 1. The number of benzene rings is 1. The lowest BCUT2D eigenvalue weighted by Crippen LogP contribution is -2.15. The second-order valence-electron chi connectivity index (χ2n) is 4.53. The van der Waals surface area contributed by atoms with Crippen LogP contribution in [0.3, 0.4) is 0 Å². The molecule has 0 saturated carbocycles. The molecule has 0 aliphatic rings. The Hall–Kier alpha value is -1.63. The van der Waals surface area contributed by atoms with Crippen molar-refractivity contribution in [2.75, 3.05) is 6.61 Å². The molecule has 0 aliphatic carbocycles. The molecule has 0 unspecified atom stereocenters. The molecule has 0 radical (unpaired) electrons. The summed E-state index contributed by atoms with van der Waals surface area (Å²) in [5, 5.41) is 18.4. The van der Waals surface area contributed by atoms with Crippen LogP contribution < -0.4 is 0 Å². The first kappa shape index (κ1) is 14.8. The van der Waals surface area contributed by atoms with E-state index in [1.165, 1.54) is 18.3 Å². The van der Waals surface area contributed by atoms with Gasteiger partial charge in [0, 0.05) is 12.8 Å². The minimum atomic E-state index is -3.72. The molecule has 0 spiro atoms. The number of aliphatic hydroxyl groups is 2. The van der Waals surface area contributed by atoms with Crippen LogP contribution in [0.25, 0.3) is 0 Å². The van der Waals surface area contributed by atoms with Crippen LogP contribution in [-0.2, 0) is 23.1 Å². The Balaban J connectivity index is 2.52. The molecule has 0 amide bonds. The van der Waals surface area contributed by atoms with Gasteiger partial charge in [-0.25, -0.2) is 12.4 Å². The maximum absolute atomic E-state index is 12.5. The lowest BCUT2D eigenvalue weighted by molar-refractivity contribution is 0.270. The topological polar surface area (TPSA) is 79.5 Å². The van der Waals surface area contributed by atoms with Crippen molar-refractivity contribution in [1.29, 1.82) is 0 Å². The van der Waals surface area contributed by atoms with Crippen molar-refractivity contribution >= 4 is 10.0 Å². The number of rotatable bonds is 5. The van der Waals surface area contributed by atoms with Crippen LogP contribution in [0.1, 0.15) is 16.8 Å². The predicted octanol–water partition coefficient (Wildman–Crippen LogP) is 1.06. The first-order chi connectivity index (χ1) is 9.50. The fraction of sp³-hybridized carbons (Fsp3) is 0.286. The van der Waals surface area contributed by atoms with Crippen molar-refractivity contribution in [3.05, 3.63) is 53.3 Å². The van der Waals surface area contributed by atoms with Crippen LogP contribution in [0.15, 0.2) is 41.4 Å². The molecule has 1 aromatic carbocycles. The molecule has 2 N–H and O–H groups in total. The zero-order valence-corrected chi connectivity index (χ0v) is 12.0. The van der Waals surface area contributed by atoms with E-state index in [0.29, 0.717) is 17.7 Å². The monoisotopic (exact) mass is 295 g/mol. The number of nitrogens with zero attached hydrogens (tertiary/aromatic N) is 1. The average molecular weight is 295 g/mol. The van der Waals surface area contributed by atoms with Crippen LogP contribution in [0.5, 0.6) is 0 Å². The molecule has 1 heterocycles. The molecule has 20 heavy (non-hydrogen) atoms. The van der Waals surface area contributed by atoms with Crippen LogP contribution in [0.4, 0.5) is 0 Å². The Morgan fingerprint density at radius 3 is 2.30 bits per heavy atom. The summed E-state index contributed by atoms with van der Waals surface area (Å²) in [4.78, 5) is 0.170. The van der Waals surface area contributed by atoms with E-state index in [2.05, 4.69) is 0 Å². The molecule has 0 atom stereocenters. The normalized spacial score (nSPS) is 11.8. The van der Waals surface area contributed by atoms with Crippen LogP contribution in [-0.4, -0.2) is 29.2 Å². The minimum Gasteiger partial charge on any atom is -0.396 e. The third-order valence-electron chi connectivity index (χ3n) is 3.16. The fourth-order valence-electron chi connectivity index (χ4n) is 2.05. The summed E-state index contributed by atoms with van der Waals surface area (Å²) < 4.78 is 26.1. The van der Waals surface area contributed by atoms with Crippen LogP contribution >= 0.6 is 0 Å². The van der Waals surface area contributed by atoms with Crippen molar-refractivity contribution < 1.29 is 18.6 Å². The first-order valence-corrected chi connectivity index (χ1v) is 7.67. The van der Waals surface area contributed by atoms with Gasteiger partial charge >= 0.3 is 0 Å². The lowest BCUT2D eigenvalue weighted by atomic mass is 10.2. The van der Waals surface area contributed by atoms with Gasteiger partial charge in [0.05, 0.1) is 17.2 Å². The summed E-state index contributed by atoms with van der Waals surface area (Å²) in [7, 11) is -3.72. The Kier molecular flexibility index (Phi) is 4.27. The largest absolute Gasteiger partial charge is 0.396 e. The van der Waals surface area contributed by atoms with Crippen LogP contribution in [0, 0.1) is 6.92 Å². The molecule has 5 nitrogen and oxygen atoms in total. The van der Waals surface area contributed by atoms with E-state index in [9.17, 15) is 13.5 Å². The molecule has 1 aromatic heterocycles. The van der Waals surface area contributed by atoms with Gasteiger partial charge in [-0.3, -0.25) is 0 Å². The third-order valence-corrected chi connectivity index (χ3v) is 4.88. The summed E-state index contributed by atoms with van der Waals surface area (Å²) in [5.41, 5.74) is 1.89. The highest BCUT2D eigenvalue weighted by atomic mass is 32.2. The summed E-state index contributed by atoms with van der Waals surface area (Å²) in [6.07, 6.45) is 1.72. The van der Waals surface area contributed by atoms with Gasteiger partial charge in [0.1, 0.15) is 0 Å². The summed E-state index contributed by atoms with van der Waals surface area (Å²) in [6.45, 7) is 1.39. The predicted molar refractivity (Wildman–Crippen MR) is 74.9 cm³/mol. The third kappa shape index (κ3) is 2.63. The Bertz CT molecular complexity index is 686. The maximum atomic E-state index is 12.5. The van der Waals surface area contributed by atoms with Gasteiger partial charge in [-0.2, -0.15) is 0 Å². The van der Waals surface area contributed by atoms with E-state index < -0.39 is 16.6 Å². The van der Waals surface area contributed by atoms with Crippen LogP contribution in [0.2, 0.25) is 0 Å². The second-order valence-corrected chi connectivity index (χ2v) is 6.35. The molecule has 0 bridgehead atoms. The summed E-state index contributed by atoms with van der Waals surface area (Å²) >= 11 is 0. The zero-order valence-electron chi connectivity index (χ0n) is 11.2. The van der Waals surface area contributed by atoms with Gasteiger partial charge in [-0.05, 0) is 37.1 Å². The van der Waals surface area contributed by atoms with E-state index in [0.717, 1.165) is 9.54 Å². The number of hydrogen-bond donors (Lipinski definition) is 2. The van der Waals surface area contributed by atoms with Crippen molar-refractivity contribution in [3.63, 3.8) is 0 Å². The van der Waals surface area contributed by atoms with Gasteiger partial charge < -0.3 is 10.2 Å². The molecule has 2 rings (SSSR count).